The van der Waals surface area contributed by atoms with Crippen molar-refractivity contribution >= 4 is 48.1 Å². The number of hydrogen-bond donors (Lipinski definition) is 2. The number of anilines is 1. The number of rotatable bonds is 4. The van der Waals surface area contributed by atoms with E-state index in [9.17, 15) is 8.42 Å². The van der Waals surface area contributed by atoms with E-state index in [-0.39, 0.29) is 17.5 Å². The Morgan fingerprint density at radius 2 is 1.97 bits per heavy atom. The van der Waals surface area contributed by atoms with Crippen LogP contribution in [0.5, 0.6) is 0 Å². The first-order chi connectivity index (χ1) is 14.9. The first-order valence-corrected chi connectivity index (χ1v) is 12.6. The van der Waals surface area contributed by atoms with Crippen molar-refractivity contribution in [2.45, 2.75) is 25.4 Å². The van der Waals surface area contributed by atoms with E-state index in [0.29, 0.717) is 35.3 Å². The fraction of sp³-hybridized carbons (Fsp3) is 0.286. The third kappa shape index (κ3) is 3.90. The predicted octanol–water partition coefficient (Wildman–Crippen LogP) is 2.96. The minimum atomic E-state index is -2.89. The van der Waals surface area contributed by atoms with E-state index in [2.05, 4.69) is 37.4 Å². The summed E-state index contributed by atoms with van der Waals surface area (Å²) in [6.45, 7) is 0.479. The number of nitrogen functional groups attached to an aromatic ring is 1. The van der Waals surface area contributed by atoms with E-state index in [4.69, 9.17) is 10.7 Å². The first-order valence-electron chi connectivity index (χ1n) is 10.0. The van der Waals surface area contributed by atoms with Crippen LogP contribution >= 0.6 is 15.9 Å². The molecule has 0 spiro atoms. The Labute approximate surface area is 187 Å². The Hall–Kier alpha value is -2.56. The topological polar surface area (TPSA) is 115 Å². The number of para-hydroxylation sites is 1. The van der Waals surface area contributed by atoms with Gasteiger partial charge >= 0.3 is 0 Å². The summed E-state index contributed by atoms with van der Waals surface area (Å²) in [4.78, 5) is 9.38. The summed E-state index contributed by atoms with van der Waals surface area (Å²) in [5.41, 5.74) is 10.4. The average Bonchev–Trinajstić information content (AvgIpc) is 3.19. The van der Waals surface area contributed by atoms with Crippen LogP contribution in [-0.2, 0) is 16.4 Å². The van der Waals surface area contributed by atoms with Crippen molar-refractivity contribution in [3.8, 4) is 11.1 Å². The van der Waals surface area contributed by atoms with Crippen LogP contribution in [0.15, 0.2) is 47.2 Å². The number of sulfone groups is 1. The van der Waals surface area contributed by atoms with Crippen molar-refractivity contribution < 1.29 is 8.42 Å². The van der Waals surface area contributed by atoms with Crippen LogP contribution in [0.4, 0.5) is 5.82 Å². The third-order valence-corrected chi connectivity index (χ3v) is 8.28. The second kappa shape index (κ2) is 7.85. The summed E-state index contributed by atoms with van der Waals surface area (Å²) in [7, 11) is -2.89. The van der Waals surface area contributed by atoms with E-state index >= 15 is 0 Å². The molecule has 4 aromatic rings. The van der Waals surface area contributed by atoms with Gasteiger partial charge in [0.05, 0.1) is 33.4 Å². The number of halogens is 1. The number of fused-ring (bicyclic) bond motifs is 2. The number of nitrogens with two attached hydrogens (primary N) is 1. The predicted molar refractivity (Wildman–Crippen MR) is 124 cm³/mol. The molecule has 0 atom stereocenters. The Kier molecular flexibility index (Phi) is 5.15. The van der Waals surface area contributed by atoms with Crippen LogP contribution < -0.4 is 11.1 Å². The molecule has 1 saturated heterocycles. The highest BCUT2D eigenvalue weighted by Crippen LogP contribution is 2.30. The molecule has 0 aliphatic carbocycles. The number of pyridine rings is 1. The summed E-state index contributed by atoms with van der Waals surface area (Å²) in [6, 6.07) is 10.2. The molecule has 5 rings (SSSR count). The van der Waals surface area contributed by atoms with E-state index < -0.39 is 9.84 Å². The molecule has 4 heterocycles. The molecule has 8 nitrogen and oxygen atoms in total. The fourth-order valence-corrected chi connectivity index (χ4v) is 5.81. The maximum atomic E-state index is 11.7. The minimum absolute atomic E-state index is 0.142. The van der Waals surface area contributed by atoms with Crippen LogP contribution in [0, 0.1) is 0 Å². The molecule has 10 heteroatoms. The van der Waals surface area contributed by atoms with Crippen LogP contribution in [-0.4, -0.2) is 45.5 Å². The minimum Gasteiger partial charge on any atom is -0.383 e. The highest BCUT2D eigenvalue weighted by Gasteiger charge is 2.24. The molecule has 1 aliphatic rings. The molecule has 1 fully saturated rings. The van der Waals surface area contributed by atoms with Gasteiger partial charge in [0.15, 0.2) is 5.65 Å². The molecule has 3 N–H and O–H groups in total. The van der Waals surface area contributed by atoms with Crippen LogP contribution in [0.2, 0.25) is 0 Å². The summed E-state index contributed by atoms with van der Waals surface area (Å²) in [5.74, 6) is 0.915. The molecule has 0 amide bonds. The Balaban J connectivity index is 1.48. The third-order valence-electron chi connectivity index (χ3n) is 5.71. The zero-order chi connectivity index (χ0) is 21.6. The highest BCUT2D eigenvalue weighted by atomic mass is 79.9. The summed E-state index contributed by atoms with van der Waals surface area (Å²) in [6.07, 6.45) is 4.79. The van der Waals surface area contributed by atoms with Gasteiger partial charge < -0.3 is 11.1 Å². The molecule has 1 aromatic carbocycles. The van der Waals surface area contributed by atoms with Gasteiger partial charge in [-0.15, -0.1) is 0 Å². The van der Waals surface area contributed by atoms with E-state index in [1.165, 1.54) is 0 Å². The lowest BCUT2D eigenvalue weighted by Crippen LogP contribution is -2.37. The lowest BCUT2D eigenvalue weighted by atomic mass is 10.1. The molecule has 0 bridgehead atoms. The van der Waals surface area contributed by atoms with Gasteiger partial charge in [-0.1, -0.05) is 18.2 Å². The van der Waals surface area contributed by atoms with Crippen molar-refractivity contribution in [1.82, 2.24) is 24.9 Å². The van der Waals surface area contributed by atoms with E-state index in [0.717, 1.165) is 27.7 Å². The molecule has 1 aliphatic heterocycles. The second-order valence-electron chi connectivity index (χ2n) is 7.78. The van der Waals surface area contributed by atoms with Crippen molar-refractivity contribution in [3.63, 3.8) is 0 Å². The Morgan fingerprint density at radius 3 is 2.77 bits per heavy atom. The molecular formula is C21H21BrN6O2S. The molecule has 0 unspecified atom stereocenters. The second-order valence-corrected chi connectivity index (χ2v) is 10.9. The van der Waals surface area contributed by atoms with Gasteiger partial charge in [-0.2, -0.15) is 9.61 Å². The number of benzene rings is 1. The number of nitrogens with zero attached hydrogens (tertiary/aromatic N) is 4. The zero-order valence-electron chi connectivity index (χ0n) is 16.6. The van der Waals surface area contributed by atoms with Gasteiger partial charge in [0.25, 0.3) is 0 Å². The van der Waals surface area contributed by atoms with Gasteiger partial charge in [0.2, 0.25) is 0 Å². The smallest absolute Gasteiger partial charge is 0.165 e. The SMILES string of the molecule is Nc1c(Br)c(CNC2CCS(=O)(=O)CC2)nc2c(-c3cnc4ccccc4c3)cnn12. The van der Waals surface area contributed by atoms with Gasteiger partial charge in [-0.3, -0.25) is 4.98 Å². The largest absolute Gasteiger partial charge is 0.383 e. The molecule has 0 radical (unpaired) electrons. The normalized spacial score (nSPS) is 16.8. The monoisotopic (exact) mass is 500 g/mol. The summed E-state index contributed by atoms with van der Waals surface area (Å²) < 4.78 is 25.6. The molecule has 0 saturated carbocycles. The number of hydrogen-bond acceptors (Lipinski definition) is 7. The van der Waals surface area contributed by atoms with Crippen molar-refractivity contribution in [3.05, 3.63) is 52.9 Å². The highest BCUT2D eigenvalue weighted by molar-refractivity contribution is 9.10. The van der Waals surface area contributed by atoms with Crippen LogP contribution in [0.25, 0.3) is 27.7 Å². The lowest BCUT2D eigenvalue weighted by Gasteiger charge is -2.23. The van der Waals surface area contributed by atoms with Gasteiger partial charge in [-0.05, 0) is 40.9 Å². The summed E-state index contributed by atoms with van der Waals surface area (Å²) >= 11 is 3.55. The number of aromatic nitrogens is 4. The van der Waals surface area contributed by atoms with Crippen LogP contribution in [0.3, 0.4) is 0 Å². The van der Waals surface area contributed by atoms with Gasteiger partial charge in [0, 0.05) is 35.3 Å². The molecule has 160 valence electrons. The fourth-order valence-electron chi connectivity index (χ4n) is 3.92. The van der Waals surface area contributed by atoms with E-state index in [1.807, 2.05) is 30.5 Å². The Morgan fingerprint density at radius 1 is 1.19 bits per heavy atom. The van der Waals surface area contributed by atoms with E-state index in [1.54, 1.807) is 10.7 Å². The molecule has 3 aromatic heterocycles. The standard InChI is InChI=1S/C21H21BrN6O2S/c22-19-18(12-24-15-5-7-31(29,30)8-6-15)27-21-16(11-26-28(21)20(19)23)14-9-13-3-1-2-4-17(13)25-10-14/h1-4,9-11,15,24H,5-8,12,23H2. The quantitative estimate of drug-likeness (QED) is 0.442. The lowest BCUT2D eigenvalue weighted by molar-refractivity contribution is 0.460. The molecular weight excluding hydrogens is 480 g/mol. The maximum Gasteiger partial charge on any atom is 0.165 e. The van der Waals surface area contributed by atoms with Crippen molar-refractivity contribution in [2.24, 2.45) is 0 Å². The van der Waals surface area contributed by atoms with Gasteiger partial charge in [0.1, 0.15) is 15.7 Å². The first kappa shape index (κ1) is 20.3. The number of nitrogens with one attached hydrogen (secondary N) is 1. The van der Waals surface area contributed by atoms with Crippen molar-refractivity contribution in [2.75, 3.05) is 17.2 Å². The van der Waals surface area contributed by atoms with Crippen molar-refractivity contribution in [1.29, 1.82) is 0 Å². The zero-order valence-corrected chi connectivity index (χ0v) is 19.0. The molecule has 31 heavy (non-hydrogen) atoms. The Bertz CT molecular complexity index is 1390. The van der Waals surface area contributed by atoms with Crippen LogP contribution in [0.1, 0.15) is 18.5 Å². The summed E-state index contributed by atoms with van der Waals surface area (Å²) in [5, 5.41) is 8.90. The van der Waals surface area contributed by atoms with Gasteiger partial charge in [-0.25, -0.2) is 13.4 Å². The average molecular weight is 501 g/mol. The maximum absolute atomic E-state index is 11.7.